The molecule has 0 aromatic heterocycles. The van der Waals surface area contributed by atoms with Gasteiger partial charge in [0.15, 0.2) is 0 Å². The first-order valence-corrected chi connectivity index (χ1v) is 22.4. The van der Waals surface area contributed by atoms with Crippen LogP contribution in [-0.4, -0.2) is 24.7 Å². The van der Waals surface area contributed by atoms with Crippen LogP contribution in [0.3, 0.4) is 0 Å². The van der Waals surface area contributed by atoms with Crippen LogP contribution in [0, 0.1) is 0 Å². The molecule has 0 bridgehead atoms. The molecule has 280 valence electrons. The molecular weight excluding hydrogens is 701 g/mol. The summed E-state index contributed by atoms with van der Waals surface area (Å²) in [7, 11) is -8.59. The summed E-state index contributed by atoms with van der Waals surface area (Å²) < 4.78 is 36.2. The summed E-state index contributed by atoms with van der Waals surface area (Å²) in [6.45, 7) is 7.32. The molecule has 1 unspecified atom stereocenters. The molecule has 0 saturated carbocycles. The zero-order valence-electron chi connectivity index (χ0n) is 32.5. The fourth-order valence-electron chi connectivity index (χ4n) is 5.34. The molecule has 0 spiro atoms. The molecule has 0 radical (unpaired) electrons. The van der Waals surface area contributed by atoms with Crippen molar-refractivity contribution in [2.75, 3.05) is 19.8 Å². The van der Waals surface area contributed by atoms with Crippen molar-refractivity contribution in [3.8, 4) is 0 Å². The minimum Gasteiger partial charge on any atom is -0.756 e. The first-order valence-electron chi connectivity index (χ1n) is 19.5. The summed E-state index contributed by atoms with van der Waals surface area (Å²) in [5.74, 6) is 0. The second-order valence-corrected chi connectivity index (χ2v) is 15.6. The quantitative estimate of drug-likeness (QED) is 0.0487. The van der Waals surface area contributed by atoms with Gasteiger partial charge in [0.05, 0.1) is 19.8 Å². The van der Waals surface area contributed by atoms with Crippen LogP contribution in [0.15, 0.2) is 0 Å². The van der Waals surface area contributed by atoms with Crippen molar-refractivity contribution in [1.29, 1.82) is 0 Å². The summed E-state index contributed by atoms with van der Waals surface area (Å²) >= 11 is 0. The van der Waals surface area contributed by atoms with Gasteiger partial charge < -0.3 is 28.3 Å². The molecule has 48 heavy (non-hydrogen) atoms. The maximum Gasteiger partial charge on any atom is 1.00 e. The molecule has 0 rings (SSSR count). The van der Waals surface area contributed by atoms with E-state index in [-0.39, 0.29) is 123 Å². The van der Waals surface area contributed by atoms with Crippen LogP contribution in [0.4, 0.5) is 0 Å². The Morgan fingerprint density at radius 1 is 0.375 bits per heavy atom. The second-order valence-electron chi connectivity index (χ2n) is 13.0. The molecule has 1 atom stereocenters. The summed E-state index contributed by atoms with van der Waals surface area (Å²) in [5, 5.41) is 0. The van der Waals surface area contributed by atoms with Crippen molar-refractivity contribution >= 4 is 15.6 Å². The van der Waals surface area contributed by atoms with Gasteiger partial charge in [-0.05, 0) is 19.3 Å². The van der Waals surface area contributed by atoms with E-state index in [0.717, 1.165) is 38.5 Å². The van der Waals surface area contributed by atoms with Crippen LogP contribution >= 0.6 is 15.6 Å². The van der Waals surface area contributed by atoms with Gasteiger partial charge in [-0.25, -0.2) is 0 Å². The second kappa shape index (κ2) is 46.6. The minimum absolute atomic E-state index is 0. The maximum atomic E-state index is 11.7. The molecule has 0 heterocycles. The monoisotopic (exact) mass is 776 g/mol. The predicted octanol–water partition coefficient (Wildman–Crippen LogP) is 5.72. The topological polar surface area (TPSA) is 128 Å². The molecule has 0 aliphatic rings. The predicted molar refractivity (Wildman–Crippen MR) is 191 cm³/mol. The van der Waals surface area contributed by atoms with Crippen molar-refractivity contribution in [3.05, 3.63) is 0 Å². The number of unbranched alkanes of at least 4 members (excludes halogenated alkanes) is 27. The van der Waals surface area contributed by atoms with E-state index >= 15 is 0 Å². The zero-order valence-corrected chi connectivity index (χ0v) is 40.6. The van der Waals surface area contributed by atoms with Crippen LogP contribution in [0.25, 0.3) is 0 Å². The van der Waals surface area contributed by atoms with Gasteiger partial charge in [0, 0.05) is 0 Å². The summed E-state index contributed by atoms with van der Waals surface area (Å²) in [6, 6.07) is 0. The third-order valence-corrected chi connectivity index (χ3v) is 9.75. The number of rotatable bonds is 36. The Bertz CT molecular complexity index is 656. The molecule has 0 saturated heterocycles. The molecule has 0 aliphatic heterocycles. The largest absolute Gasteiger partial charge is 1.00 e. The van der Waals surface area contributed by atoms with Gasteiger partial charge in [-0.3, -0.25) is 9.13 Å². The smallest absolute Gasteiger partial charge is 0.756 e. The number of hydrogen-bond donors (Lipinski definition) is 1. The summed E-state index contributed by atoms with van der Waals surface area (Å²) in [4.78, 5) is 30.3. The van der Waals surface area contributed by atoms with Crippen LogP contribution in [0.2, 0.25) is 0 Å². The normalized spacial score (nSPS) is 12.5. The number of phosphoric ester groups is 2. The zero-order chi connectivity index (χ0) is 34.5. The summed E-state index contributed by atoms with van der Waals surface area (Å²) in [6.07, 6.45) is 36.4. The molecule has 1 N–H and O–H groups in total. The Morgan fingerprint density at radius 3 is 0.771 bits per heavy atom. The van der Waals surface area contributed by atoms with Crippen LogP contribution in [0.1, 0.15) is 213 Å². The molecule has 8 nitrogen and oxygen atoms in total. The van der Waals surface area contributed by atoms with E-state index in [4.69, 9.17) is 13.9 Å². The Labute approximate surface area is 383 Å². The minimum atomic E-state index is -4.49. The van der Waals surface area contributed by atoms with Gasteiger partial charge in [-0.15, -0.1) is 0 Å². The van der Waals surface area contributed by atoms with Gasteiger partial charge in [-0.1, -0.05) is 194 Å². The van der Waals surface area contributed by atoms with Crippen molar-refractivity contribution in [1.82, 2.24) is 0 Å². The van der Waals surface area contributed by atoms with Gasteiger partial charge in [0.25, 0.3) is 15.6 Å². The van der Waals surface area contributed by atoms with E-state index in [1.54, 1.807) is 0 Å². The fraction of sp³-hybridized carbons (Fsp3) is 1.00. The van der Waals surface area contributed by atoms with Crippen molar-refractivity contribution in [3.63, 3.8) is 0 Å². The SMILES string of the molecule is CCCCCCCCCCCCOP(=O)([O-])O.CCCCCCCCCCCCOP(=O)([O-])OCCCCCCCCCCCC.[K+].[K+]. The van der Waals surface area contributed by atoms with Gasteiger partial charge in [0.1, 0.15) is 0 Å². The Balaban J connectivity index is -0.000000438. The first kappa shape index (κ1) is 58.2. The maximum absolute atomic E-state index is 11.7. The molecular formula is C36H76K2O8P2. The third kappa shape index (κ3) is 56.2. The van der Waals surface area contributed by atoms with E-state index in [1.165, 1.54) is 148 Å². The van der Waals surface area contributed by atoms with E-state index in [9.17, 15) is 18.9 Å². The molecule has 0 amide bonds. The van der Waals surface area contributed by atoms with Crippen molar-refractivity contribution < 1.29 is 140 Å². The fourth-order valence-corrected chi connectivity index (χ4v) is 6.48. The van der Waals surface area contributed by atoms with E-state index < -0.39 is 15.6 Å². The Hall–Kier alpha value is 3.49. The number of hydrogen-bond acceptors (Lipinski definition) is 7. The van der Waals surface area contributed by atoms with Crippen LogP contribution in [-0.2, 0) is 22.7 Å². The average Bonchev–Trinajstić information content (AvgIpc) is 3.01. The van der Waals surface area contributed by atoms with E-state index in [2.05, 4.69) is 25.3 Å². The standard InChI is InChI=1S/C24H51O4P.C12H27O4P.2K/c1-3-5-7-9-11-13-15-17-19-21-23-27-29(25,26)28-24-22-20-18-16-14-12-10-8-6-4-2;1-2-3-4-5-6-7-8-9-10-11-12-16-17(13,14)15;;/h3-24H2,1-2H3,(H,25,26);2-12H2,1H3,(H2,13,14,15);;/q;;2*+1/p-2. The Kier molecular flexibility index (Phi) is 56.6. The van der Waals surface area contributed by atoms with E-state index in [0.29, 0.717) is 6.42 Å². The average molecular weight is 777 g/mol. The molecule has 0 aromatic carbocycles. The van der Waals surface area contributed by atoms with Crippen LogP contribution in [0.5, 0.6) is 0 Å². The van der Waals surface area contributed by atoms with Crippen molar-refractivity contribution in [2.45, 2.75) is 213 Å². The van der Waals surface area contributed by atoms with E-state index in [1.807, 2.05) is 0 Å². The first-order chi connectivity index (χ1) is 22.2. The third-order valence-electron chi connectivity index (χ3n) is 8.25. The van der Waals surface area contributed by atoms with Gasteiger partial charge in [-0.2, -0.15) is 0 Å². The summed E-state index contributed by atoms with van der Waals surface area (Å²) in [5.41, 5.74) is 0. The van der Waals surface area contributed by atoms with Gasteiger partial charge >= 0.3 is 103 Å². The Morgan fingerprint density at radius 2 is 0.562 bits per heavy atom. The number of phosphoric acid groups is 2. The van der Waals surface area contributed by atoms with Crippen LogP contribution < -0.4 is 113 Å². The van der Waals surface area contributed by atoms with Gasteiger partial charge in [0.2, 0.25) is 0 Å². The molecule has 0 fully saturated rings. The molecule has 0 aliphatic carbocycles. The molecule has 12 heteroatoms. The van der Waals surface area contributed by atoms with Crippen molar-refractivity contribution in [2.24, 2.45) is 0 Å². The molecule has 0 aromatic rings.